The van der Waals surface area contributed by atoms with Crippen molar-refractivity contribution in [2.75, 3.05) is 0 Å². The predicted octanol–water partition coefficient (Wildman–Crippen LogP) is 7.96. The molecule has 0 saturated carbocycles. The average Bonchev–Trinajstić information content (AvgIpc) is 3.61. The number of rotatable bonds is 8. The van der Waals surface area contributed by atoms with Crippen LogP contribution < -0.4 is 0 Å². The first-order valence-electron chi connectivity index (χ1n) is 14.1. The number of fused-ring (bicyclic) bond motifs is 8. The number of carboxylic acids is 2. The standard InChI is InChI=1S/C35H34N4O4/c1-7-9-23-19(4)28-15-30-22(8-2)18(3)26(36-30)14-27-20(5)24(10-12-34(40)41)32(37-27)17-33-25(11-13-35(42)43)21(6)29(39-33)16-31(23)38-28/h8-9,14-17,36,38H,1-2,10-13H2,3-6H3,(H,40,41)(H,42,43). The van der Waals surface area contributed by atoms with Crippen molar-refractivity contribution < 1.29 is 19.8 Å². The van der Waals surface area contributed by atoms with E-state index in [2.05, 4.69) is 34.9 Å². The number of aryl methyl sites for hydroxylation is 2. The predicted molar refractivity (Wildman–Crippen MR) is 173 cm³/mol. The molecule has 8 heteroatoms. The van der Waals surface area contributed by atoms with Gasteiger partial charge in [0.15, 0.2) is 0 Å². The molecule has 0 atom stereocenters. The highest BCUT2D eigenvalue weighted by Gasteiger charge is 2.22. The molecule has 0 radical (unpaired) electrons. The zero-order chi connectivity index (χ0) is 31.0. The molecular weight excluding hydrogens is 540 g/mol. The van der Waals surface area contributed by atoms with E-state index >= 15 is 0 Å². The van der Waals surface area contributed by atoms with Gasteiger partial charge in [-0.05, 0) is 104 Å². The van der Waals surface area contributed by atoms with Gasteiger partial charge in [0.25, 0.3) is 0 Å². The molecule has 5 heterocycles. The van der Waals surface area contributed by atoms with Gasteiger partial charge < -0.3 is 20.2 Å². The van der Waals surface area contributed by atoms with Crippen molar-refractivity contribution in [1.82, 2.24) is 19.9 Å². The molecule has 4 N–H and O–H groups in total. The Hall–Kier alpha value is -5.20. The molecule has 43 heavy (non-hydrogen) atoms. The fraction of sp³-hybridized carbons (Fsp3) is 0.229. The van der Waals surface area contributed by atoms with Gasteiger partial charge in [-0.15, -0.1) is 5.73 Å². The van der Waals surface area contributed by atoms with Crippen LogP contribution in [0.4, 0.5) is 0 Å². The topological polar surface area (TPSA) is 132 Å². The Morgan fingerprint density at radius 2 is 1.21 bits per heavy atom. The summed E-state index contributed by atoms with van der Waals surface area (Å²) >= 11 is 0. The fourth-order valence-electron chi connectivity index (χ4n) is 5.79. The van der Waals surface area contributed by atoms with Crippen LogP contribution in [0.1, 0.15) is 84.6 Å². The number of hydrogen-bond acceptors (Lipinski definition) is 4. The SMILES string of the molecule is C=C=Cc1c(C)c2cc3[nH]c(cc4nc(cc5nc(cc1[nH]2)C(C)=C5CCC(=O)O)C(CCC(=O)O)=C4C)c(C)c3C=C. The first kappa shape index (κ1) is 29.3. The largest absolute Gasteiger partial charge is 0.481 e. The lowest BCUT2D eigenvalue weighted by molar-refractivity contribution is -0.137. The Kier molecular flexibility index (Phi) is 7.89. The second kappa shape index (κ2) is 11.6. The van der Waals surface area contributed by atoms with Crippen molar-refractivity contribution in [1.29, 1.82) is 0 Å². The molecular formula is C35H34N4O4. The van der Waals surface area contributed by atoms with Gasteiger partial charge in [0.2, 0.25) is 0 Å². The molecule has 0 unspecified atom stereocenters. The summed E-state index contributed by atoms with van der Waals surface area (Å²) in [6, 6.07) is 7.86. The number of carbonyl (C=O) groups is 2. The second-order valence-corrected chi connectivity index (χ2v) is 10.9. The maximum Gasteiger partial charge on any atom is 0.303 e. The molecule has 2 aliphatic heterocycles. The maximum atomic E-state index is 11.5. The lowest BCUT2D eigenvalue weighted by Gasteiger charge is -2.05. The molecule has 0 aliphatic carbocycles. The van der Waals surface area contributed by atoms with Crippen LogP contribution in [0, 0.1) is 13.8 Å². The Balaban J connectivity index is 1.95. The Morgan fingerprint density at radius 1 is 0.744 bits per heavy atom. The van der Waals surface area contributed by atoms with Gasteiger partial charge in [-0.25, -0.2) is 9.97 Å². The normalized spacial score (nSPS) is 12.8. The van der Waals surface area contributed by atoms with E-state index in [9.17, 15) is 19.8 Å². The Bertz CT molecular complexity index is 1990. The highest BCUT2D eigenvalue weighted by Crippen LogP contribution is 2.38. The quantitative estimate of drug-likeness (QED) is 0.202. The van der Waals surface area contributed by atoms with Crippen LogP contribution in [0.25, 0.3) is 56.5 Å². The second-order valence-electron chi connectivity index (χ2n) is 10.9. The number of H-pyrrole nitrogens is 2. The summed E-state index contributed by atoms with van der Waals surface area (Å²) in [6.07, 6.45) is 4.18. The minimum absolute atomic E-state index is 0.0414. The molecule has 0 amide bonds. The lowest BCUT2D eigenvalue weighted by atomic mass is 9.98. The third-order valence-electron chi connectivity index (χ3n) is 8.26. The molecule has 0 saturated heterocycles. The monoisotopic (exact) mass is 574 g/mol. The highest BCUT2D eigenvalue weighted by atomic mass is 16.4. The number of aromatic amines is 2. The van der Waals surface area contributed by atoms with Crippen LogP contribution in [0.5, 0.6) is 0 Å². The van der Waals surface area contributed by atoms with Crippen LogP contribution in [0.2, 0.25) is 0 Å². The minimum atomic E-state index is -0.894. The molecule has 5 rings (SSSR count). The number of allylic oxidation sites excluding steroid dienone is 4. The van der Waals surface area contributed by atoms with E-state index in [0.717, 1.165) is 72.3 Å². The third kappa shape index (κ3) is 5.53. The van der Waals surface area contributed by atoms with E-state index in [4.69, 9.17) is 9.97 Å². The van der Waals surface area contributed by atoms with Crippen molar-refractivity contribution in [2.45, 2.75) is 53.4 Å². The first-order chi connectivity index (χ1) is 20.5. The Morgan fingerprint density at radius 3 is 1.70 bits per heavy atom. The molecule has 0 spiro atoms. The molecule has 0 fully saturated rings. The molecule has 3 aromatic rings. The van der Waals surface area contributed by atoms with E-state index in [1.807, 2.05) is 58.0 Å². The summed E-state index contributed by atoms with van der Waals surface area (Å²) in [5, 5.41) is 18.9. The number of aromatic nitrogens is 4. The van der Waals surface area contributed by atoms with Gasteiger partial charge in [-0.3, -0.25) is 9.59 Å². The van der Waals surface area contributed by atoms with E-state index in [-0.39, 0.29) is 12.8 Å². The summed E-state index contributed by atoms with van der Waals surface area (Å²) in [4.78, 5) is 40.1. The molecule has 8 nitrogen and oxygen atoms in total. The highest BCUT2D eigenvalue weighted by molar-refractivity contribution is 5.97. The fourth-order valence-corrected chi connectivity index (χ4v) is 5.79. The zero-order valence-corrected chi connectivity index (χ0v) is 24.8. The molecule has 8 bridgehead atoms. The average molecular weight is 575 g/mol. The van der Waals surface area contributed by atoms with Gasteiger partial charge in [-0.1, -0.05) is 19.2 Å². The summed E-state index contributed by atoms with van der Waals surface area (Å²) < 4.78 is 0. The summed E-state index contributed by atoms with van der Waals surface area (Å²) in [5.74, 6) is -1.78. The number of aliphatic carboxylic acids is 2. The van der Waals surface area contributed by atoms with Crippen LogP contribution in [0.3, 0.4) is 0 Å². The van der Waals surface area contributed by atoms with E-state index in [1.165, 1.54) is 0 Å². The number of hydrogen-bond donors (Lipinski definition) is 4. The minimum Gasteiger partial charge on any atom is -0.481 e. The molecule has 0 aromatic carbocycles. The summed E-state index contributed by atoms with van der Waals surface area (Å²) in [6.45, 7) is 15.8. The van der Waals surface area contributed by atoms with E-state index < -0.39 is 11.9 Å². The van der Waals surface area contributed by atoms with Gasteiger partial charge in [0.1, 0.15) is 0 Å². The molecule has 2 aliphatic rings. The molecule has 3 aromatic heterocycles. The lowest BCUT2D eigenvalue weighted by Crippen LogP contribution is -1.97. The number of nitrogens with zero attached hydrogens (tertiary/aromatic N) is 2. The molecule has 218 valence electrons. The van der Waals surface area contributed by atoms with Crippen LogP contribution in [-0.4, -0.2) is 42.1 Å². The smallest absolute Gasteiger partial charge is 0.303 e. The van der Waals surface area contributed by atoms with Gasteiger partial charge >= 0.3 is 11.9 Å². The van der Waals surface area contributed by atoms with Crippen molar-refractivity contribution in [3.63, 3.8) is 0 Å². The van der Waals surface area contributed by atoms with Crippen LogP contribution in [-0.2, 0) is 9.59 Å². The zero-order valence-electron chi connectivity index (χ0n) is 24.8. The van der Waals surface area contributed by atoms with Gasteiger partial charge in [0, 0.05) is 46.0 Å². The van der Waals surface area contributed by atoms with Crippen molar-refractivity contribution in [3.05, 3.63) is 88.2 Å². The summed E-state index contributed by atoms with van der Waals surface area (Å²) in [7, 11) is 0. The first-order valence-corrected chi connectivity index (χ1v) is 14.1. The summed E-state index contributed by atoms with van der Waals surface area (Å²) in [5.41, 5.74) is 16.4. The third-order valence-corrected chi connectivity index (χ3v) is 8.26. The van der Waals surface area contributed by atoms with Crippen LogP contribution in [0.15, 0.2) is 43.2 Å². The number of nitrogens with one attached hydrogen (secondary N) is 2. The number of carboxylic acid groups (broad SMARTS) is 2. The van der Waals surface area contributed by atoms with Crippen molar-refractivity contribution in [2.24, 2.45) is 0 Å². The van der Waals surface area contributed by atoms with Gasteiger partial charge in [0.05, 0.1) is 22.8 Å². The van der Waals surface area contributed by atoms with Gasteiger partial charge in [-0.2, -0.15) is 0 Å². The maximum absolute atomic E-state index is 11.5. The van der Waals surface area contributed by atoms with Crippen LogP contribution >= 0.6 is 0 Å². The Labute approximate surface area is 249 Å². The van der Waals surface area contributed by atoms with Crippen molar-refractivity contribution >= 4 is 68.4 Å². The van der Waals surface area contributed by atoms with E-state index in [1.54, 1.807) is 0 Å². The van der Waals surface area contributed by atoms with E-state index in [0.29, 0.717) is 29.9 Å². The van der Waals surface area contributed by atoms with Crippen molar-refractivity contribution in [3.8, 4) is 0 Å².